The maximum atomic E-state index is 14.2. The summed E-state index contributed by atoms with van der Waals surface area (Å²) in [4.78, 5) is 2.07. The molecule has 0 spiro atoms. The lowest BCUT2D eigenvalue weighted by Gasteiger charge is -2.22. The van der Waals surface area contributed by atoms with Gasteiger partial charge in [0.05, 0.1) is 11.8 Å². The Morgan fingerprint density at radius 1 is 1.37 bits per heavy atom. The van der Waals surface area contributed by atoms with Gasteiger partial charge >= 0.3 is 0 Å². The molecule has 1 aliphatic heterocycles. The summed E-state index contributed by atoms with van der Waals surface area (Å²) in [5.74, 6) is 0.624. The largest absolute Gasteiger partial charge is 0.393 e. The van der Waals surface area contributed by atoms with E-state index in [9.17, 15) is 9.50 Å². The second kappa shape index (κ2) is 4.76. The van der Waals surface area contributed by atoms with Crippen LogP contribution in [0.3, 0.4) is 0 Å². The van der Waals surface area contributed by atoms with E-state index in [1.165, 1.54) is 6.07 Å². The molecule has 2 fully saturated rings. The van der Waals surface area contributed by atoms with E-state index in [1.54, 1.807) is 0 Å². The number of fused-ring (bicyclic) bond motifs is 1. The summed E-state index contributed by atoms with van der Waals surface area (Å²) in [5.41, 5.74) is 7.23. The Kier molecular flexibility index (Phi) is 3.23. The fraction of sp³-hybridized carbons (Fsp3) is 0.600. The molecule has 1 heterocycles. The highest BCUT2D eigenvalue weighted by Crippen LogP contribution is 2.40. The number of hydrogen-bond acceptors (Lipinski definition) is 3. The van der Waals surface area contributed by atoms with Crippen LogP contribution in [0, 0.1) is 17.7 Å². The highest BCUT2D eigenvalue weighted by Gasteiger charge is 2.42. The van der Waals surface area contributed by atoms with E-state index in [4.69, 9.17) is 5.73 Å². The van der Waals surface area contributed by atoms with Crippen LogP contribution in [0.5, 0.6) is 0 Å². The van der Waals surface area contributed by atoms with Gasteiger partial charge in [-0.3, -0.25) is 0 Å². The van der Waals surface area contributed by atoms with Crippen molar-refractivity contribution in [3.63, 3.8) is 0 Å². The summed E-state index contributed by atoms with van der Waals surface area (Å²) >= 11 is 0. The highest BCUT2D eigenvalue weighted by molar-refractivity contribution is 5.51. The number of anilines is 1. The summed E-state index contributed by atoms with van der Waals surface area (Å²) in [5, 5.41) is 9.91. The number of hydrogen-bond donors (Lipinski definition) is 2. The minimum absolute atomic E-state index is 0.150. The van der Waals surface area contributed by atoms with Crippen molar-refractivity contribution in [1.82, 2.24) is 0 Å². The number of aliphatic hydroxyl groups excluding tert-OH is 1. The van der Waals surface area contributed by atoms with Gasteiger partial charge in [-0.1, -0.05) is 6.07 Å². The van der Waals surface area contributed by atoms with Crippen molar-refractivity contribution < 1.29 is 9.50 Å². The maximum Gasteiger partial charge on any atom is 0.146 e. The molecule has 1 aromatic carbocycles. The summed E-state index contributed by atoms with van der Waals surface area (Å²) in [6, 6.07) is 5.10. The number of benzene rings is 1. The molecule has 0 amide bonds. The summed E-state index contributed by atoms with van der Waals surface area (Å²) < 4.78 is 14.2. The van der Waals surface area contributed by atoms with E-state index >= 15 is 0 Å². The molecule has 19 heavy (non-hydrogen) atoms. The zero-order chi connectivity index (χ0) is 13.6. The van der Waals surface area contributed by atoms with Gasteiger partial charge < -0.3 is 15.7 Å². The van der Waals surface area contributed by atoms with E-state index in [1.807, 2.05) is 19.1 Å². The molecular weight excluding hydrogens is 243 g/mol. The van der Waals surface area contributed by atoms with Crippen molar-refractivity contribution in [2.24, 2.45) is 17.6 Å². The fourth-order valence-electron chi connectivity index (χ4n) is 3.50. The lowest BCUT2D eigenvalue weighted by atomic mass is 10.00. The Hall–Kier alpha value is -1.13. The van der Waals surface area contributed by atoms with Gasteiger partial charge in [0, 0.05) is 25.0 Å². The van der Waals surface area contributed by atoms with Crippen molar-refractivity contribution in [3.8, 4) is 0 Å². The molecule has 0 bridgehead atoms. The smallest absolute Gasteiger partial charge is 0.146 e. The highest BCUT2D eigenvalue weighted by atomic mass is 19.1. The minimum Gasteiger partial charge on any atom is -0.393 e. The first-order valence-corrected chi connectivity index (χ1v) is 7.04. The molecule has 1 saturated heterocycles. The molecule has 2 aliphatic rings. The monoisotopic (exact) mass is 264 g/mol. The first kappa shape index (κ1) is 12.9. The van der Waals surface area contributed by atoms with E-state index in [2.05, 4.69) is 4.90 Å². The molecule has 3 rings (SSSR count). The normalized spacial score (nSPS) is 31.6. The van der Waals surface area contributed by atoms with E-state index in [-0.39, 0.29) is 18.0 Å². The number of aliphatic hydroxyl groups is 1. The Balaban J connectivity index is 1.80. The average molecular weight is 264 g/mol. The molecule has 4 heteroatoms. The van der Waals surface area contributed by atoms with Gasteiger partial charge in [0.1, 0.15) is 5.82 Å². The molecular formula is C15H21FN2O. The van der Waals surface area contributed by atoms with Crippen LogP contribution in [0.1, 0.15) is 31.4 Å². The first-order valence-electron chi connectivity index (χ1n) is 7.04. The van der Waals surface area contributed by atoms with Crippen LogP contribution in [0.25, 0.3) is 0 Å². The van der Waals surface area contributed by atoms with Gasteiger partial charge in [0.15, 0.2) is 0 Å². The standard InChI is InChI=1S/C15H21FN2O/c1-9(17)10-2-4-14(13(16)6-10)18-7-11-3-5-15(19)12(11)8-18/h2,4,6,9,11-12,15,19H,3,5,7-8,17H2,1H3/t9-,11?,12?,15?/m1/s1. The van der Waals surface area contributed by atoms with Gasteiger partial charge in [0.2, 0.25) is 0 Å². The second-order valence-electron chi connectivity index (χ2n) is 5.97. The first-order chi connectivity index (χ1) is 9.06. The molecule has 1 aromatic rings. The minimum atomic E-state index is -0.207. The fourth-order valence-corrected chi connectivity index (χ4v) is 3.50. The van der Waals surface area contributed by atoms with Gasteiger partial charge in [-0.2, -0.15) is 0 Å². The second-order valence-corrected chi connectivity index (χ2v) is 5.97. The Morgan fingerprint density at radius 3 is 2.79 bits per heavy atom. The molecule has 0 aromatic heterocycles. The zero-order valence-electron chi connectivity index (χ0n) is 11.2. The quantitative estimate of drug-likeness (QED) is 0.859. The predicted octanol–water partition coefficient (Wildman–Crippen LogP) is 2.05. The van der Waals surface area contributed by atoms with Crippen LogP contribution in [0.2, 0.25) is 0 Å². The molecule has 3 N–H and O–H groups in total. The van der Waals surface area contributed by atoms with E-state index < -0.39 is 0 Å². The molecule has 3 nitrogen and oxygen atoms in total. The zero-order valence-corrected chi connectivity index (χ0v) is 11.2. The van der Waals surface area contributed by atoms with Crippen LogP contribution in [0.4, 0.5) is 10.1 Å². The SMILES string of the molecule is C[C@@H](N)c1ccc(N2CC3CCC(O)C3C2)c(F)c1. The molecule has 1 saturated carbocycles. The topological polar surface area (TPSA) is 49.5 Å². The summed E-state index contributed by atoms with van der Waals surface area (Å²) in [7, 11) is 0. The van der Waals surface area contributed by atoms with Crippen molar-refractivity contribution in [2.45, 2.75) is 31.9 Å². The van der Waals surface area contributed by atoms with Crippen LogP contribution in [0.15, 0.2) is 18.2 Å². The van der Waals surface area contributed by atoms with Crippen molar-refractivity contribution in [3.05, 3.63) is 29.6 Å². The van der Waals surface area contributed by atoms with Gasteiger partial charge in [-0.25, -0.2) is 4.39 Å². The van der Waals surface area contributed by atoms with Crippen LogP contribution in [-0.2, 0) is 0 Å². The van der Waals surface area contributed by atoms with Crippen LogP contribution in [-0.4, -0.2) is 24.3 Å². The number of rotatable bonds is 2. The predicted molar refractivity (Wildman–Crippen MR) is 73.4 cm³/mol. The van der Waals surface area contributed by atoms with Gasteiger partial charge in [-0.05, 0) is 43.4 Å². The lowest BCUT2D eigenvalue weighted by Crippen LogP contribution is -2.25. The van der Waals surface area contributed by atoms with Crippen LogP contribution < -0.4 is 10.6 Å². The molecule has 4 atom stereocenters. The third-order valence-electron chi connectivity index (χ3n) is 4.66. The van der Waals surface area contributed by atoms with Gasteiger partial charge in [-0.15, -0.1) is 0 Å². The Morgan fingerprint density at radius 2 is 2.16 bits per heavy atom. The summed E-state index contributed by atoms with van der Waals surface area (Å²) in [6.07, 6.45) is 1.75. The third kappa shape index (κ3) is 2.23. The molecule has 1 aliphatic carbocycles. The van der Waals surface area contributed by atoms with E-state index in [0.717, 1.165) is 31.5 Å². The molecule has 0 radical (unpaired) electrons. The average Bonchev–Trinajstić information content (AvgIpc) is 2.92. The summed E-state index contributed by atoms with van der Waals surface area (Å²) in [6.45, 7) is 3.47. The lowest BCUT2D eigenvalue weighted by molar-refractivity contribution is 0.133. The van der Waals surface area contributed by atoms with Crippen molar-refractivity contribution >= 4 is 5.69 Å². The van der Waals surface area contributed by atoms with Crippen molar-refractivity contribution in [1.29, 1.82) is 0 Å². The molecule has 3 unspecified atom stereocenters. The Labute approximate surface area is 113 Å². The van der Waals surface area contributed by atoms with Gasteiger partial charge in [0.25, 0.3) is 0 Å². The maximum absolute atomic E-state index is 14.2. The van der Waals surface area contributed by atoms with Crippen LogP contribution >= 0.6 is 0 Å². The van der Waals surface area contributed by atoms with Crippen molar-refractivity contribution in [2.75, 3.05) is 18.0 Å². The van der Waals surface area contributed by atoms with E-state index in [0.29, 0.717) is 17.5 Å². The number of nitrogens with zero attached hydrogens (tertiary/aromatic N) is 1. The Bertz CT molecular complexity index is 477. The molecule has 104 valence electrons. The third-order valence-corrected chi connectivity index (χ3v) is 4.66. The number of halogens is 1. The number of nitrogens with two attached hydrogens (primary N) is 1.